The number of nitrogens with one attached hydrogen (secondary N) is 1. The molecule has 3 aromatic rings. The van der Waals surface area contributed by atoms with Crippen molar-refractivity contribution in [3.8, 4) is 0 Å². The number of benzene rings is 2. The Balaban J connectivity index is 1.37. The number of rotatable bonds is 4. The summed E-state index contributed by atoms with van der Waals surface area (Å²) in [5, 5.41) is 1.01. The van der Waals surface area contributed by atoms with Gasteiger partial charge in [0.2, 0.25) is 5.91 Å². The minimum atomic E-state index is -0.0990. The number of hydrogen-bond donors (Lipinski definition) is 1. The third-order valence-corrected chi connectivity index (χ3v) is 5.44. The molecule has 0 radical (unpaired) electrons. The van der Waals surface area contributed by atoms with Crippen molar-refractivity contribution in [1.82, 2.24) is 9.88 Å². The van der Waals surface area contributed by atoms with Gasteiger partial charge >= 0.3 is 0 Å². The van der Waals surface area contributed by atoms with Crippen LogP contribution in [0, 0.1) is 6.92 Å². The van der Waals surface area contributed by atoms with E-state index >= 15 is 0 Å². The van der Waals surface area contributed by atoms with Gasteiger partial charge in [0, 0.05) is 49.4 Å². The van der Waals surface area contributed by atoms with Crippen LogP contribution in [0.4, 0.5) is 5.69 Å². The van der Waals surface area contributed by atoms with E-state index in [0.717, 1.165) is 42.6 Å². The summed E-state index contributed by atoms with van der Waals surface area (Å²) in [4.78, 5) is 32.1. The number of amides is 1. The number of aromatic nitrogens is 1. The first-order valence-electron chi connectivity index (χ1n) is 9.80. The van der Waals surface area contributed by atoms with Crippen LogP contribution in [0.2, 0.25) is 0 Å². The van der Waals surface area contributed by atoms with Crippen molar-refractivity contribution in [1.29, 1.82) is 0 Å². The van der Waals surface area contributed by atoms with Gasteiger partial charge in [0.05, 0.1) is 0 Å². The van der Waals surface area contributed by atoms with Crippen molar-refractivity contribution in [2.45, 2.75) is 19.8 Å². The van der Waals surface area contributed by atoms with Crippen LogP contribution < -0.4 is 10.5 Å². The number of carbonyl (C=O) groups excluding carboxylic acids is 1. The average Bonchev–Trinajstić information content (AvgIpc) is 2.73. The average molecular weight is 375 g/mol. The molecule has 0 spiro atoms. The Morgan fingerprint density at radius 2 is 1.75 bits per heavy atom. The molecule has 0 bridgehead atoms. The van der Waals surface area contributed by atoms with Crippen LogP contribution in [-0.4, -0.2) is 42.0 Å². The van der Waals surface area contributed by atoms with Crippen LogP contribution in [0.1, 0.15) is 17.5 Å². The quantitative estimate of drug-likeness (QED) is 0.762. The molecule has 0 aliphatic carbocycles. The van der Waals surface area contributed by atoms with Crippen molar-refractivity contribution in [2.24, 2.45) is 0 Å². The molecule has 0 saturated carbocycles. The van der Waals surface area contributed by atoms with E-state index in [0.29, 0.717) is 18.4 Å². The number of pyridine rings is 1. The monoisotopic (exact) mass is 375 g/mol. The molecular weight excluding hydrogens is 350 g/mol. The zero-order valence-electron chi connectivity index (χ0n) is 16.1. The fraction of sp³-hybridized carbons (Fsp3) is 0.304. The predicted molar refractivity (Wildman–Crippen MR) is 113 cm³/mol. The first-order valence-corrected chi connectivity index (χ1v) is 9.80. The Hall–Kier alpha value is -3.08. The summed E-state index contributed by atoms with van der Waals surface area (Å²) in [5.74, 6) is 0.122. The Labute approximate surface area is 164 Å². The molecule has 1 saturated heterocycles. The van der Waals surface area contributed by atoms with Gasteiger partial charge in [-0.3, -0.25) is 9.59 Å². The number of anilines is 1. The van der Waals surface area contributed by atoms with E-state index in [1.54, 1.807) is 0 Å². The summed E-state index contributed by atoms with van der Waals surface area (Å²) in [6.45, 7) is 5.15. The topological polar surface area (TPSA) is 56.4 Å². The third-order valence-electron chi connectivity index (χ3n) is 5.44. The van der Waals surface area contributed by atoms with E-state index in [-0.39, 0.29) is 11.5 Å². The number of aryl methyl sites for hydroxylation is 2. The Morgan fingerprint density at radius 3 is 2.50 bits per heavy atom. The van der Waals surface area contributed by atoms with E-state index in [9.17, 15) is 9.59 Å². The maximum absolute atomic E-state index is 12.6. The van der Waals surface area contributed by atoms with Gasteiger partial charge in [-0.1, -0.05) is 29.8 Å². The maximum Gasteiger partial charge on any atom is 0.251 e. The van der Waals surface area contributed by atoms with E-state index in [4.69, 9.17) is 0 Å². The molecule has 1 amide bonds. The molecule has 144 valence electrons. The third kappa shape index (κ3) is 3.93. The van der Waals surface area contributed by atoms with Gasteiger partial charge in [-0.05, 0) is 49.1 Å². The molecule has 1 aromatic heterocycles. The van der Waals surface area contributed by atoms with Gasteiger partial charge in [0.1, 0.15) is 0 Å². The van der Waals surface area contributed by atoms with Crippen LogP contribution >= 0.6 is 0 Å². The Morgan fingerprint density at radius 1 is 1.00 bits per heavy atom. The van der Waals surface area contributed by atoms with Gasteiger partial charge in [-0.25, -0.2) is 0 Å². The molecule has 2 aromatic carbocycles. The second-order valence-electron chi connectivity index (χ2n) is 7.42. The summed E-state index contributed by atoms with van der Waals surface area (Å²) in [5.41, 5.74) is 3.76. The first kappa shape index (κ1) is 18.3. The lowest BCUT2D eigenvalue weighted by molar-refractivity contribution is -0.131. The van der Waals surface area contributed by atoms with Gasteiger partial charge in [-0.15, -0.1) is 0 Å². The number of piperazine rings is 1. The zero-order chi connectivity index (χ0) is 19.5. The molecule has 5 heteroatoms. The molecule has 28 heavy (non-hydrogen) atoms. The molecule has 1 N–H and O–H groups in total. The molecule has 1 aliphatic heterocycles. The molecule has 1 fully saturated rings. The standard InChI is InChI=1S/C23H25N3O2/c1-17-7-9-21-19(15-17)16-18(23(28)24-21)8-10-22(27)26-13-11-25(12-14-26)20-5-3-2-4-6-20/h2-7,9,15-16H,8,10-14H2,1H3,(H,24,28). The zero-order valence-corrected chi connectivity index (χ0v) is 16.1. The van der Waals surface area contributed by atoms with E-state index < -0.39 is 0 Å². The molecule has 0 unspecified atom stereocenters. The largest absolute Gasteiger partial charge is 0.368 e. The van der Waals surface area contributed by atoms with Crippen LogP contribution in [0.25, 0.3) is 10.9 Å². The minimum absolute atomic E-state index is 0.0990. The first-order chi connectivity index (χ1) is 13.6. The number of fused-ring (bicyclic) bond motifs is 1. The highest BCUT2D eigenvalue weighted by Gasteiger charge is 2.21. The van der Waals surface area contributed by atoms with Crippen LogP contribution in [0.5, 0.6) is 0 Å². The van der Waals surface area contributed by atoms with E-state index in [1.165, 1.54) is 5.69 Å². The second-order valence-corrected chi connectivity index (χ2v) is 7.42. The van der Waals surface area contributed by atoms with Gasteiger partial charge in [-0.2, -0.15) is 0 Å². The lowest BCUT2D eigenvalue weighted by Gasteiger charge is -2.36. The number of H-pyrrole nitrogens is 1. The summed E-state index contributed by atoms with van der Waals surface area (Å²) in [6, 6.07) is 18.2. The van der Waals surface area contributed by atoms with Gasteiger partial charge in [0.15, 0.2) is 0 Å². The van der Waals surface area contributed by atoms with Gasteiger partial charge in [0.25, 0.3) is 5.56 Å². The SMILES string of the molecule is Cc1ccc2[nH]c(=O)c(CCC(=O)N3CCN(c4ccccc4)CC3)cc2c1. The summed E-state index contributed by atoms with van der Waals surface area (Å²) < 4.78 is 0. The fourth-order valence-corrected chi connectivity index (χ4v) is 3.81. The summed E-state index contributed by atoms with van der Waals surface area (Å²) >= 11 is 0. The highest BCUT2D eigenvalue weighted by Crippen LogP contribution is 2.17. The Kier molecular flexibility index (Phi) is 5.15. The van der Waals surface area contributed by atoms with Crippen molar-refractivity contribution in [3.63, 3.8) is 0 Å². The molecule has 0 atom stereocenters. The fourth-order valence-electron chi connectivity index (χ4n) is 3.81. The number of carbonyl (C=O) groups is 1. The summed E-state index contributed by atoms with van der Waals surface area (Å²) in [7, 11) is 0. The lowest BCUT2D eigenvalue weighted by Crippen LogP contribution is -2.48. The van der Waals surface area contributed by atoms with Crippen molar-refractivity contribution >= 4 is 22.5 Å². The molecule has 1 aliphatic rings. The smallest absolute Gasteiger partial charge is 0.251 e. The number of hydrogen-bond acceptors (Lipinski definition) is 3. The Bertz CT molecular complexity index is 1030. The molecule has 4 rings (SSSR count). The second kappa shape index (κ2) is 7.89. The lowest BCUT2D eigenvalue weighted by atomic mass is 10.1. The number of para-hydroxylation sites is 1. The predicted octanol–water partition coefficient (Wildman–Crippen LogP) is 3.12. The van der Waals surface area contributed by atoms with Crippen molar-refractivity contribution < 1.29 is 4.79 Å². The van der Waals surface area contributed by atoms with E-state index in [2.05, 4.69) is 28.1 Å². The summed E-state index contributed by atoms with van der Waals surface area (Å²) in [6.07, 6.45) is 0.836. The number of aromatic amines is 1. The van der Waals surface area contributed by atoms with Crippen LogP contribution in [0.15, 0.2) is 59.4 Å². The highest BCUT2D eigenvalue weighted by molar-refractivity contribution is 5.80. The van der Waals surface area contributed by atoms with E-state index in [1.807, 2.05) is 48.2 Å². The van der Waals surface area contributed by atoms with Crippen LogP contribution in [-0.2, 0) is 11.2 Å². The minimum Gasteiger partial charge on any atom is -0.368 e. The number of nitrogens with zero attached hydrogens (tertiary/aromatic N) is 2. The van der Waals surface area contributed by atoms with Gasteiger partial charge < -0.3 is 14.8 Å². The molecule has 2 heterocycles. The highest BCUT2D eigenvalue weighted by atomic mass is 16.2. The molecule has 5 nitrogen and oxygen atoms in total. The van der Waals surface area contributed by atoms with Crippen LogP contribution in [0.3, 0.4) is 0 Å². The maximum atomic E-state index is 12.6. The molecular formula is C23H25N3O2. The van der Waals surface area contributed by atoms with Crippen molar-refractivity contribution in [3.05, 3.63) is 76.1 Å². The normalized spacial score (nSPS) is 14.5. The van der Waals surface area contributed by atoms with Crippen molar-refractivity contribution in [2.75, 3.05) is 31.1 Å².